The number of carbonyl (C=O) groups is 2. The predicted octanol–water partition coefficient (Wildman–Crippen LogP) is 1.87. The Balaban J connectivity index is 1.73. The molecule has 2 aromatic rings. The molecule has 2 amide bonds. The molecular formula is C18H17N3O2. The standard InChI is InChI=1S/C18H17N3O2/c1-20-11-13-15(16(20)14-9-5-6-10-19-14)18(23)21(17(13)22)12-7-3-2-4-8-12/h2-10,13,15-16H,11H2,1H3/t13-,15-,16-/m1/s1. The molecular weight excluding hydrogens is 290 g/mol. The second-order valence-corrected chi connectivity index (χ2v) is 6.12. The highest BCUT2D eigenvalue weighted by atomic mass is 16.2. The number of imide groups is 1. The minimum atomic E-state index is -0.359. The van der Waals surface area contributed by atoms with Gasteiger partial charge in [-0.2, -0.15) is 0 Å². The third-order valence-electron chi connectivity index (χ3n) is 4.78. The summed E-state index contributed by atoms with van der Waals surface area (Å²) in [6.07, 6.45) is 1.73. The number of amides is 2. The number of hydrogen-bond acceptors (Lipinski definition) is 4. The van der Waals surface area contributed by atoms with E-state index in [1.54, 1.807) is 18.3 Å². The van der Waals surface area contributed by atoms with Gasteiger partial charge in [0.15, 0.2) is 0 Å². The molecule has 0 spiro atoms. The summed E-state index contributed by atoms with van der Waals surface area (Å²) in [7, 11) is 1.95. The minimum absolute atomic E-state index is 0.100. The van der Waals surface area contributed by atoms with Gasteiger partial charge in [0.2, 0.25) is 11.8 Å². The van der Waals surface area contributed by atoms with Crippen LogP contribution in [0.5, 0.6) is 0 Å². The van der Waals surface area contributed by atoms with E-state index in [1.807, 2.05) is 43.4 Å². The van der Waals surface area contributed by atoms with Crippen LogP contribution in [-0.4, -0.2) is 35.3 Å². The molecule has 0 unspecified atom stereocenters. The van der Waals surface area contributed by atoms with Crippen molar-refractivity contribution in [3.8, 4) is 0 Å². The van der Waals surface area contributed by atoms with Gasteiger partial charge in [-0.15, -0.1) is 0 Å². The molecule has 5 nitrogen and oxygen atoms in total. The van der Waals surface area contributed by atoms with Crippen LogP contribution in [-0.2, 0) is 9.59 Å². The number of fused-ring (bicyclic) bond motifs is 1. The quantitative estimate of drug-likeness (QED) is 0.795. The van der Waals surface area contributed by atoms with Crippen molar-refractivity contribution in [3.05, 3.63) is 60.4 Å². The summed E-state index contributed by atoms with van der Waals surface area (Å²) < 4.78 is 0. The Kier molecular flexibility index (Phi) is 3.23. The average molecular weight is 307 g/mol. The van der Waals surface area contributed by atoms with Gasteiger partial charge >= 0.3 is 0 Å². The maximum atomic E-state index is 13.0. The Morgan fingerprint density at radius 3 is 2.43 bits per heavy atom. The molecule has 0 saturated carbocycles. The van der Waals surface area contributed by atoms with Gasteiger partial charge in [0.1, 0.15) is 0 Å². The molecule has 0 aliphatic carbocycles. The Morgan fingerprint density at radius 2 is 1.74 bits per heavy atom. The Labute approximate surface area is 134 Å². The fourth-order valence-corrected chi connectivity index (χ4v) is 3.79. The lowest BCUT2D eigenvalue weighted by atomic mass is 9.91. The van der Waals surface area contributed by atoms with Gasteiger partial charge in [-0.3, -0.25) is 19.5 Å². The highest BCUT2D eigenvalue weighted by Crippen LogP contribution is 2.45. The molecule has 2 saturated heterocycles. The van der Waals surface area contributed by atoms with E-state index in [2.05, 4.69) is 9.88 Å². The van der Waals surface area contributed by atoms with E-state index in [0.717, 1.165) is 5.69 Å². The SMILES string of the molecule is CN1C[C@H]2C(=O)N(c3ccccc3)C(=O)[C@H]2[C@H]1c1ccccn1. The van der Waals surface area contributed by atoms with Gasteiger partial charge in [0.05, 0.1) is 29.3 Å². The van der Waals surface area contributed by atoms with Crippen LogP contribution in [0.1, 0.15) is 11.7 Å². The minimum Gasteiger partial charge on any atom is -0.296 e. The predicted molar refractivity (Wildman–Crippen MR) is 85.5 cm³/mol. The molecule has 2 aliphatic heterocycles. The molecule has 1 aromatic carbocycles. The van der Waals surface area contributed by atoms with Crippen LogP contribution in [0.15, 0.2) is 54.7 Å². The summed E-state index contributed by atoms with van der Waals surface area (Å²) in [6.45, 7) is 0.583. The fourth-order valence-electron chi connectivity index (χ4n) is 3.79. The molecule has 0 radical (unpaired) electrons. The van der Waals surface area contributed by atoms with Crippen molar-refractivity contribution >= 4 is 17.5 Å². The molecule has 1 aromatic heterocycles. The average Bonchev–Trinajstić information content (AvgIpc) is 3.04. The zero-order valence-corrected chi connectivity index (χ0v) is 12.8. The molecule has 3 atom stereocenters. The molecule has 5 heteroatoms. The van der Waals surface area contributed by atoms with Crippen molar-refractivity contribution < 1.29 is 9.59 Å². The second kappa shape index (κ2) is 5.28. The highest BCUT2D eigenvalue weighted by molar-refractivity contribution is 6.22. The van der Waals surface area contributed by atoms with E-state index in [9.17, 15) is 9.59 Å². The first-order valence-corrected chi connectivity index (χ1v) is 7.72. The van der Waals surface area contributed by atoms with Gasteiger partial charge in [-0.1, -0.05) is 24.3 Å². The summed E-state index contributed by atoms with van der Waals surface area (Å²) in [5, 5.41) is 0. The Hall–Kier alpha value is -2.53. The van der Waals surface area contributed by atoms with Crippen LogP contribution in [0.2, 0.25) is 0 Å². The largest absolute Gasteiger partial charge is 0.296 e. The molecule has 116 valence electrons. The maximum absolute atomic E-state index is 13.0. The summed E-state index contributed by atoms with van der Waals surface area (Å²) in [5.74, 6) is -0.870. The van der Waals surface area contributed by atoms with Crippen molar-refractivity contribution in [2.75, 3.05) is 18.5 Å². The monoisotopic (exact) mass is 307 g/mol. The van der Waals surface area contributed by atoms with E-state index in [1.165, 1.54) is 4.90 Å². The van der Waals surface area contributed by atoms with Crippen molar-refractivity contribution in [2.24, 2.45) is 11.8 Å². The second-order valence-electron chi connectivity index (χ2n) is 6.12. The number of benzene rings is 1. The van der Waals surface area contributed by atoms with Gasteiger partial charge in [-0.25, -0.2) is 4.90 Å². The fraction of sp³-hybridized carbons (Fsp3) is 0.278. The van der Waals surface area contributed by atoms with E-state index < -0.39 is 0 Å². The summed E-state index contributed by atoms with van der Waals surface area (Å²) >= 11 is 0. The van der Waals surface area contributed by atoms with Crippen molar-refractivity contribution in [1.82, 2.24) is 9.88 Å². The molecule has 0 N–H and O–H groups in total. The van der Waals surface area contributed by atoms with E-state index >= 15 is 0 Å². The van der Waals surface area contributed by atoms with Gasteiger partial charge in [0.25, 0.3) is 0 Å². The Morgan fingerprint density at radius 1 is 1.00 bits per heavy atom. The first-order chi connectivity index (χ1) is 11.2. The summed E-state index contributed by atoms with van der Waals surface area (Å²) in [4.78, 5) is 33.6. The van der Waals surface area contributed by atoms with E-state index in [0.29, 0.717) is 12.2 Å². The normalized spacial score (nSPS) is 27.5. The highest BCUT2D eigenvalue weighted by Gasteiger charge is 2.57. The molecule has 3 heterocycles. The van der Waals surface area contributed by atoms with E-state index in [4.69, 9.17) is 0 Å². The lowest BCUT2D eigenvalue weighted by Gasteiger charge is -2.24. The number of para-hydroxylation sites is 1. The molecule has 0 bridgehead atoms. The molecule has 2 aliphatic rings. The number of pyridine rings is 1. The summed E-state index contributed by atoms with van der Waals surface area (Å²) in [5.41, 5.74) is 1.50. The molecule has 2 fully saturated rings. The molecule has 23 heavy (non-hydrogen) atoms. The van der Waals surface area contributed by atoms with Crippen LogP contribution in [0.3, 0.4) is 0 Å². The number of carbonyl (C=O) groups excluding carboxylic acids is 2. The topological polar surface area (TPSA) is 53.5 Å². The lowest BCUT2D eigenvalue weighted by molar-refractivity contribution is -0.123. The number of hydrogen-bond donors (Lipinski definition) is 0. The number of aromatic nitrogens is 1. The first kappa shape index (κ1) is 14.1. The zero-order valence-electron chi connectivity index (χ0n) is 12.8. The van der Waals surface area contributed by atoms with E-state index in [-0.39, 0.29) is 29.7 Å². The zero-order chi connectivity index (χ0) is 16.0. The van der Waals surface area contributed by atoms with Crippen LogP contribution in [0.25, 0.3) is 0 Å². The number of rotatable bonds is 2. The first-order valence-electron chi connectivity index (χ1n) is 7.72. The van der Waals surface area contributed by atoms with Crippen LogP contribution in [0, 0.1) is 11.8 Å². The third kappa shape index (κ3) is 2.08. The number of anilines is 1. The lowest BCUT2D eigenvalue weighted by Crippen LogP contribution is -2.36. The number of nitrogens with zero attached hydrogens (tertiary/aromatic N) is 3. The Bertz CT molecular complexity index is 747. The van der Waals surface area contributed by atoms with Crippen LogP contribution < -0.4 is 4.90 Å². The van der Waals surface area contributed by atoms with Crippen molar-refractivity contribution in [1.29, 1.82) is 0 Å². The number of likely N-dealkylation sites (tertiary alicyclic amines) is 1. The third-order valence-corrected chi connectivity index (χ3v) is 4.78. The van der Waals surface area contributed by atoms with Gasteiger partial charge in [0, 0.05) is 12.7 Å². The van der Waals surface area contributed by atoms with Crippen molar-refractivity contribution in [2.45, 2.75) is 6.04 Å². The smallest absolute Gasteiger partial charge is 0.239 e. The van der Waals surface area contributed by atoms with Crippen molar-refractivity contribution in [3.63, 3.8) is 0 Å². The summed E-state index contributed by atoms with van der Waals surface area (Å²) in [6, 6.07) is 14.7. The van der Waals surface area contributed by atoms with Crippen LogP contribution >= 0.6 is 0 Å². The van der Waals surface area contributed by atoms with Gasteiger partial charge in [-0.05, 0) is 31.3 Å². The molecule has 4 rings (SSSR count). The van der Waals surface area contributed by atoms with Gasteiger partial charge < -0.3 is 0 Å². The van der Waals surface area contributed by atoms with Crippen LogP contribution in [0.4, 0.5) is 5.69 Å². The maximum Gasteiger partial charge on any atom is 0.239 e.